The molecule has 0 bridgehead atoms. The quantitative estimate of drug-likeness (QED) is 0.745. The van der Waals surface area contributed by atoms with Crippen molar-refractivity contribution < 1.29 is 13.2 Å². The third kappa shape index (κ3) is 4.81. The van der Waals surface area contributed by atoms with Crippen molar-refractivity contribution in [3.8, 4) is 0 Å². The maximum atomic E-state index is 12.3. The fourth-order valence-corrected chi connectivity index (χ4v) is 3.71. The lowest BCUT2D eigenvalue weighted by Crippen LogP contribution is -2.24. The number of nitrogens with zero attached hydrogens (tertiary/aromatic N) is 1. The lowest BCUT2D eigenvalue weighted by atomic mass is 10.2. The number of sulfonamides is 1. The molecule has 2 N–H and O–H groups in total. The molecule has 0 aliphatic rings. The van der Waals surface area contributed by atoms with E-state index < -0.39 is 10.0 Å². The zero-order valence-electron chi connectivity index (χ0n) is 14.2. The molecule has 2 aromatic rings. The topological polar surface area (TPSA) is 78.5 Å². The van der Waals surface area contributed by atoms with Gasteiger partial charge >= 0.3 is 0 Å². The summed E-state index contributed by atoms with van der Waals surface area (Å²) in [6.45, 7) is 1.78. The summed E-state index contributed by atoms with van der Waals surface area (Å²) < 4.78 is 26.7. The minimum absolute atomic E-state index is 0.0618. The molecule has 2 rings (SSSR count). The molecule has 134 valence electrons. The monoisotopic (exact) mass is 425 g/mol. The first-order chi connectivity index (χ1) is 11.7. The molecule has 25 heavy (non-hydrogen) atoms. The second-order valence-electron chi connectivity index (χ2n) is 5.65. The predicted octanol–water partition coefficient (Wildman–Crippen LogP) is 3.06. The fraction of sp³-hybridized carbons (Fsp3) is 0.235. The van der Waals surface area contributed by atoms with Crippen LogP contribution in [-0.4, -0.2) is 39.3 Å². The van der Waals surface area contributed by atoms with Crippen LogP contribution < -0.4 is 10.6 Å². The summed E-state index contributed by atoms with van der Waals surface area (Å²) in [4.78, 5) is 12.3. The molecular formula is C17H20BrN3O3S. The molecule has 2 aromatic carbocycles. The third-order valence-corrected chi connectivity index (χ3v) is 6.19. The van der Waals surface area contributed by atoms with Crippen LogP contribution in [0.5, 0.6) is 0 Å². The largest absolute Gasteiger partial charge is 0.375 e. The van der Waals surface area contributed by atoms with Crippen molar-refractivity contribution in [3.63, 3.8) is 0 Å². The van der Waals surface area contributed by atoms with Crippen LogP contribution in [0.25, 0.3) is 0 Å². The molecule has 0 aromatic heterocycles. The number of nitrogens with one attached hydrogen (secondary N) is 2. The van der Waals surface area contributed by atoms with Gasteiger partial charge in [-0.25, -0.2) is 12.7 Å². The van der Waals surface area contributed by atoms with Crippen LogP contribution in [0.4, 0.5) is 11.4 Å². The minimum Gasteiger partial charge on any atom is -0.375 e. The first kappa shape index (κ1) is 19.4. The van der Waals surface area contributed by atoms with Crippen molar-refractivity contribution in [1.82, 2.24) is 4.31 Å². The average molecular weight is 426 g/mol. The van der Waals surface area contributed by atoms with Crippen LogP contribution >= 0.6 is 15.9 Å². The van der Waals surface area contributed by atoms with Crippen molar-refractivity contribution in [3.05, 3.63) is 52.5 Å². The summed E-state index contributed by atoms with van der Waals surface area (Å²) in [5.74, 6) is -0.271. The van der Waals surface area contributed by atoms with E-state index in [2.05, 4.69) is 26.6 Å². The molecule has 0 aliphatic carbocycles. The zero-order chi connectivity index (χ0) is 18.6. The molecule has 0 aliphatic heterocycles. The smallest absolute Gasteiger partial charge is 0.243 e. The Morgan fingerprint density at radius 2 is 1.84 bits per heavy atom. The highest BCUT2D eigenvalue weighted by atomic mass is 79.9. The van der Waals surface area contributed by atoms with E-state index in [1.165, 1.54) is 20.2 Å². The molecule has 0 radical (unpaired) electrons. The Bertz CT molecular complexity index is 882. The van der Waals surface area contributed by atoms with Crippen molar-refractivity contribution in [2.24, 2.45) is 0 Å². The number of hydrogen-bond donors (Lipinski definition) is 2. The van der Waals surface area contributed by atoms with Crippen LogP contribution in [-0.2, 0) is 14.8 Å². The minimum atomic E-state index is -3.57. The molecule has 0 atom stereocenters. The Balaban J connectivity index is 2.10. The predicted molar refractivity (Wildman–Crippen MR) is 103 cm³/mol. The molecular weight excluding hydrogens is 406 g/mol. The number of rotatable bonds is 6. The van der Waals surface area contributed by atoms with Gasteiger partial charge in [0.25, 0.3) is 0 Å². The lowest BCUT2D eigenvalue weighted by molar-refractivity contribution is -0.114. The highest BCUT2D eigenvalue weighted by Crippen LogP contribution is 2.23. The second kappa shape index (κ2) is 7.99. The Labute approximate surface area is 156 Å². The summed E-state index contributed by atoms with van der Waals surface area (Å²) >= 11 is 3.40. The van der Waals surface area contributed by atoms with Crippen molar-refractivity contribution in [2.45, 2.75) is 11.8 Å². The molecule has 0 saturated carbocycles. The number of aryl methyl sites for hydroxylation is 1. The summed E-state index contributed by atoms with van der Waals surface area (Å²) in [6, 6.07) is 12.3. The number of halogens is 1. The van der Waals surface area contributed by atoms with E-state index in [-0.39, 0.29) is 17.3 Å². The van der Waals surface area contributed by atoms with Gasteiger partial charge in [0.05, 0.1) is 11.4 Å². The fourth-order valence-electron chi connectivity index (χ4n) is 2.14. The van der Waals surface area contributed by atoms with Gasteiger partial charge in [-0.2, -0.15) is 0 Å². The van der Waals surface area contributed by atoms with Gasteiger partial charge in [-0.15, -0.1) is 0 Å². The van der Waals surface area contributed by atoms with E-state index in [4.69, 9.17) is 0 Å². The number of hydrogen-bond acceptors (Lipinski definition) is 4. The third-order valence-electron chi connectivity index (χ3n) is 3.54. The first-order valence-electron chi connectivity index (χ1n) is 7.53. The van der Waals surface area contributed by atoms with Crippen molar-refractivity contribution in [1.29, 1.82) is 0 Å². The molecule has 6 nitrogen and oxygen atoms in total. The van der Waals surface area contributed by atoms with Crippen LogP contribution in [0.3, 0.4) is 0 Å². The number of amides is 1. The van der Waals surface area contributed by atoms with Gasteiger partial charge in [0, 0.05) is 29.9 Å². The summed E-state index contributed by atoms with van der Waals surface area (Å²) in [6.07, 6.45) is 0. The zero-order valence-corrected chi connectivity index (χ0v) is 16.6. The van der Waals surface area contributed by atoms with E-state index in [1.807, 2.05) is 24.3 Å². The molecule has 0 fully saturated rings. The van der Waals surface area contributed by atoms with Gasteiger partial charge in [-0.05, 0) is 52.7 Å². The standard InChI is InChI=1S/C17H20BrN3O3S/c1-12-8-9-13(10-16(12)25(23,24)21(2)3)20-17(22)11-19-15-7-5-4-6-14(15)18/h4-10,19H,11H2,1-3H3,(H,20,22). The number of benzene rings is 2. The molecule has 0 unspecified atom stereocenters. The normalized spacial score (nSPS) is 11.4. The molecule has 0 heterocycles. The summed E-state index contributed by atoms with van der Waals surface area (Å²) in [7, 11) is -0.619. The maximum Gasteiger partial charge on any atom is 0.243 e. The van der Waals surface area contributed by atoms with E-state index in [0.717, 1.165) is 14.5 Å². The Kier molecular flexibility index (Phi) is 6.21. The number of anilines is 2. The van der Waals surface area contributed by atoms with Crippen LogP contribution in [0.2, 0.25) is 0 Å². The van der Waals surface area contributed by atoms with Gasteiger partial charge in [0.1, 0.15) is 0 Å². The van der Waals surface area contributed by atoms with Gasteiger partial charge in [-0.3, -0.25) is 4.79 Å². The second-order valence-corrected chi connectivity index (χ2v) is 8.62. The van der Waals surface area contributed by atoms with E-state index in [9.17, 15) is 13.2 Å². The van der Waals surface area contributed by atoms with Gasteiger partial charge in [-0.1, -0.05) is 18.2 Å². The number of carbonyl (C=O) groups excluding carboxylic acids is 1. The van der Waals surface area contributed by atoms with Crippen molar-refractivity contribution in [2.75, 3.05) is 31.3 Å². The van der Waals surface area contributed by atoms with Crippen molar-refractivity contribution >= 4 is 43.2 Å². The molecule has 0 spiro atoms. The molecule has 0 saturated heterocycles. The Morgan fingerprint density at radius 1 is 1.16 bits per heavy atom. The van der Waals surface area contributed by atoms with Crippen LogP contribution in [0.1, 0.15) is 5.56 Å². The summed E-state index contributed by atoms with van der Waals surface area (Å²) in [5.41, 5.74) is 1.86. The van der Waals surface area contributed by atoms with Crippen LogP contribution in [0, 0.1) is 6.92 Å². The maximum absolute atomic E-state index is 12.3. The Morgan fingerprint density at radius 3 is 2.48 bits per heavy atom. The van der Waals surface area contributed by atoms with Crippen LogP contribution in [0.15, 0.2) is 51.8 Å². The van der Waals surface area contributed by atoms with E-state index in [0.29, 0.717) is 11.3 Å². The highest BCUT2D eigenvalue weighted by Gasteiger charge is 2.20. The first-order valence-corrected chi connectivity index (χ1v) is 9.76. The molecule has 8 heteroatoms. The molecule has 1 amide bonds. The van der Waals surface area contributed by atoms with E-state index >= 15 is 0 Å². The number of carbonyl (C=O) groups is 1. The Hall–Kier alpha value is -1.90. The average Bonchev–Trinajstić information content (AvgIpc) is 2.55. The lowest BCUT2D eigenvalue weighted by Gasteiger charge is -2.15. The van der Waals surface area contributed by atoms with Gasteiger partial charge < -0.3 is 10.6 Å². The van der Waals surface area contributed by atoms with Gasteiger partial charge in [0.2, 0.25) is 15.9 Å². The summed E-state index contributed by atoms with van der Waals surface area (Å²) in [5, 5.41) is 5.73. The SMILES string of the molecule is Cc1ccc(NC(=O)CNc2ccccc2Br)cc1S(=O)(=O)N(C)C. The number of para-hydroxylation sites is 1. The van der Waals surface area contributed by atoms with E-state index in [1.54, 1.807) is 19.1 Å². The van der Waals surface area contributed by atoms with Gasteiger partial charge in [0.15, 0.2) is 0 Å². The highest BCUT2D eigenvalue weighted by molar-refractivity contribution is 9.10.